The first-order valence-electron chi connectivity index (χ1n) is 12.1. The molecular weight excluding hydrogens is 410 g/mol. The van der Waals surface area contributed by atoms with Crippen molar-refractivity contribution < 1.29 is 4.79 Å². The number of benzene rings is 2. The van der Waals surface area contributed by atoms with E-state index in [4.69, 9.17) is 0 Å². The average Bonchev–Trinajstić information content (AvgIpc) is 3.53. The van der Waals surface area contributed by atoms with Crippen LogP contribution >= 0.6 is 11.3 Å². The minimum atomic E-state index is -0.403. The summed E-state index contributed by atoms with van der Waals surface area (Å²) in [4.78, 5) is 16.3. The van der Waals surface area contributed by atoms with E-state index in [0.717, 1.165) is 38.9 Å². The van der Waals surface area contributed by atoms with E-state index < -0.39 is 5.41 Å². The fourth-order valence-electron chi connectivity index (χ4n) is 5.63. The van der Waals surface area contributed by atoms with Gasteiger partial charge in [0.1, 0.15) is 5.78 Å². The molecule has 5 rings (SSSR count). The Morgan fingerprint density at radius 2 is 1.84 bits per heavy atom. The van der Waals surface area contributed by atoms with Crippen molar-refractivity contribution in [1.29, 1.82) is 0 Å². The highest BCUT2D eigenvalue weighted by atomic mass is 32.1. The zero-order valence-electron chi connectivity index (χ0n) is 19.1. The first kappa shape index (κ1) is 21.6. The van der Waals surface area contributed by atoms with Crippen molar-refractivity contribution in [2.45, 2.75) is 50.9 Å². The predicted octanol–water partition coefficient (Wildman–Crippen LogP) is 7.10. The topological polar surface area (TPSA) is 20.3 Å². The van der Waals surface area contributed by atoms with Gasteiger partial charge in [0.25, 0.3) is 0 Å². The fraction of sp³-hybridized carbons (Fsp3) is 0.414. The van der Waals surface area contributed by atoms with Crippen molar-refractivity contribution in [1.82, 2.24) is 4.90 Å². The molecule has 2 aromatic carbocycles. The molecule has 0 N–H and O–H groups in total. The quantitative estimate of drug-likeness (QED) is 0.388. The standard InChI is InChI=1S/C29H33NOS/c1-29(25-12-6-3-7-13-25,28(31)23-9-4-2-5-10-23)17-19-30-18-15-24(21-30)26-14-8-11-22-16-20-32-27(22)26/h3,6-8,11-16,20,23H,2,4-5,9-10,17-19,21H2,1H3. The lowest BCUT2D eigenvalue weighted by Crippen LogP contribution is -2.41. The first-order valence-corrected chi connectivity index (χ1v) is 13.0. The van der Waals surface area contributed by atoms with Crippen LogP contribution in [0.1, 0.15) is 56.6 Å². The van der Waals surface area contributed by atoms with Crippen LogP contribution in [-0.2, 0) is 10.2 Å². The molecule has 1 fully saturated rings. The molecule has 0 spiro atoms. The minimum absolute atomic E-state index is 0.234. The van der Waals surface area contributed by atoms with Crippen molar-refractivity contribution in [3.05, 3.63) is 77.2 Å². The van der Waals surface area contributed by atoms with E-state index in [1.54, 1.807) is 0 Å². The zero-order valence-corrected chi connectivity index (χ0v) is 19.9. The maximum absolute atomic E-state index is 13.8. The summed E-state index contributed by atoms with van der Waals surface area (Å²) in [5.74, 6) is 0.705. The predicted molar refractivity (Wildman–Crippen MR) is 136 cm³/mol. The number of ketones is 1. The Labute approximate surface area is 196 Å². The third kappa shape index (κ3) is 4.21. The van der Waals surface area contributed by atoms with Crippen LogP contribution in [0.3, 0.4) is 0 Å². The van der Waals surface area contributed by atoms with Crippen LogP contribution in [0, 0.1) is 5.92 Å². The third-order valence-corrected chi connectivity index (χ3v) is 8.64. The van der Waals surface area contributed by atoms with Gasteiger partial charge in [-0.2, -0.15) is 0 Å². The summed E-state index contributed by atoms with van der Waals surface area (Å²) in [5.41, 5.74) is 3.59. The molecule has 2 heterocycles. The molecular formula is C29H33NOS. The second kappa shape index (κ2) is 9.33. The smallest absolute Gasteiger partial charge is 0.146 e. The van der Waals surface area contributed by atoms with Gasteiger partial charge >= 0.3 is 0 Å². The SMILES string of the molecule is CC(CCN1CC=C(c2cccc3ccsc23)C1)(C(=O)C1CCCCC1)c1ccccc1. The van der Waals surface area contributed by atoms with Crippen molar-refractivity contribution in [2.24, 2.45) is 5.92 Å². The van der Waals surface area contributed by atoms with E-state index in [0.29, 0.717) is 5.78 Å². The molecule has 1 aromatic heterocycles. The lowest BCUT2D eigenvalue weighted by molar-refractivity contribution is -0.129. The molecule has 1 saturated carbocycles. The van der Waals surface area contributed by atoms with Gasteiger partial charge in [-0.25, -0.2) is 0 Å². The normalized spacial score (nSPS) is 19.7. The molecule has 1 aliphatic carbocycles. The van der Waals surface area contributed by atoms with Gasteiger partial charge in [-0.05, 0) is 59.7 Å². The lowest BCUT2D eigenvalue weighted by Gasteiger charge is -2.35. The maximum atomic E-state index is 13.8. The van der Waals surface area contributed by atoms with E-state index in [9.17, 15) is 4.79 Å². The molecule has 0 bridgehead atoms. The maximum Gasteiger partial charge on any atom is 0.146 e. The highest BCUT2D eigenvalue weighted by molar-refractivity contribution is 7.17. The Kier molecular flexibility index (Phi) is 6.30. The molecule has 0 amide bonds. The van der Waals surface area contributed by atoms with E-state index in [1.165, 1.54) is 46.0 Å². The molecule has 1 unspecified atom stereocenters. The second-order valence-corrected chi connectivity index (χ2v) is 10.7. The van der Waals surface area contributed by atoms with Crippen LogP contribution in [0.2, 0.25) is 0 Å². The molecule has 3 aromatic rings. The Balaban J connectivity index is 1.31. The van der Waals surface area contributed by atoms with Crippen LogP contribution in [0.5, 0.6) is 0 Å². The molecule has 2 nitrogen and oxygen atoms in total. The Morgan fingerprint density at radius 3 is 2.66 bits per heavy atom. The summed E-state index contributed by atoms with van der Waals surface area (Å²) in [6.45, 7) is 5.10. The highest BCUT2D eigenvalue weighted by Crippen LogP contribution is 2.38. The number of carbonyl (C=O) groups excluding carboxylic acids is 1. The third-order valence-electron chi connectivity index (χ3n) is 7.67. The Morgan fingerprint density at radius 1 is 1.03 bits per heavy atom. The number of hydrogen-bond donors (Lipinski definition) is 0. The number of thiophene rings is 1. The monoisotopic (exact) mass is 443 g/mol. The van der Waals surface area contributed by atoms with E-state index in [-0.39, 0.29) is 5.92 Å². The fourth-order valence-corrected chi connectivity index (χ4v) is 6.58. The van der Waals surface area contributed by atoms with E-state index >= 15 is 0 Å². The minimum Gasteiger partial charge on any atom is -0.298 e. The van der Waals surface area contributed by atoms with E-state index in [1.807, 2.05) is 11.3 Å². The number of hydrogen-bond acceptors (Lipinski definition) is 3. The summed E-state index contributed by atoms with van der Waals surface area (Å²) >= 11 is 1.83. The summed E-state index contributed by atoms with van der Waals surface area (Å²) in [6.07, 6.45) is 9.10. The van der Waals surface area contributed by atoms with Crippen LogP contribution < -0.4 is 0 Å². The van der Waals surface area contributed by atoms with Gasteiger partial charge in [-0.1, -0.05) is 73.9 Å². The molecule has 3 heteroatoms. The second-order valence-electron chi connectivity index (χ2n) is 9.76. The van der Waals surface area contributed by atoms with Gasteiger partial charge < -0.3 is 0 Å². The van der Waals surface area contributed by atoms with Crippen LogP contribution in [0.4, 0.5) is 0 Å². The molecule has 2 aliphatic rings. The Hall–Kier alpha value is -2.23. The van der Waals surface area contributed by atoms with Crippen LogP contribution in [0.25, 0.3) is 15.7 Å². The highest BCUT2D eigenvalue weighted by Gasteiger charge is 2.39. The number of rotatable bonds is 7. The van der Waals surface area contributed by atoms with Crippen LogP contribution in [-0.4, -0.2) is 30.3 Å². The molecule has 32 heavy (non-hydrogen) atoms. The number of nitrogens with zero attached hydrogens (tertiary/aromatic N) is 1. The number of carbonyl (C=O) groups is 1. The van der Waals surface area contributed by atoms with Gasteiger partial charge in [0, 0.05) is 30.3 Å². The van der Waals surface area contributed by atoms with Gasteiger partial charge in [-0.15, -0.1) is 11.3 Å². The summed E-state index contributed by atoms with van der Waals surface area (Å²) < 4.78 is 1.39. The zero-order chi connectivity index (χ0) is 22.0. The molecule has 0 radical (unpaired) electrons. The Bertz CT molecular complexity index is 1110. The van der Waals surface area contributed by atoms with Crippen LogP contribution in [0.15, 0.2) is 66.1 Å². The molecule has 1 aliphatic heterocycles. The molecule has 0 saturated heterocycles. The number of fused-ring (bicyclic) bond motifs is 1. The van der Waals surface area contributed by atoms with Gasteiger partial charge in [0.05, 0.1) is 5.41 Å². The van der Waals surface area contributed by atoms with Gasteiger partial charge in [0.15, 0.2) is 0 Å². The van der Waals surface area contributed by atoms with E-state index in [2.05, 4.69) is 77.9 Å². The largest absolute Gasteiger partial charge is 0.298 e. The molecule has 1 atom stereocenters. The summed E-state index contributed by atoms with van der Waals surface area (Å²) in [6, 6.07) is 19.4. The van der Waals surface area contributed by atoms with Crippen molar-refractivity contribution in [3.63, 3.8) is 0 Å². The van der Waals surface area contributed by atoms with Crippen molar-refractivity contribution in [3.8, 4) is 0 Å². The summed E-state index contributed by atoms with van der Waals surface area (Å²) in [7, 11) is 0. The van der Waals surface area contributed by atoms with Crippen molar-refractivity contribution >= 4 is 32.8 Å². The average molecular weight is 444 g/mol. The van der Waals surface area contributed by atoms with Crippen molar-refractivity contribution in [2.75, 3.05) is 19.6 Å². The molecule has 166 valence electrons. The summed E-state index contributed by atoms with van der Waals surface area (Å²) in [5, 5.41) is 3.52. The number of Topliss-reactive ketones (excluding diaryl/α,β-unsaturated/α-hetero) is 1. The lowest BCUT2D eigenvalue weighted by atomic mass is 9.69. The van der Waals surface area contributed by atoms with Gasteiger partial charge in [0.2, 0.25) is 0 Å². The van der Waals surface area contributed by atoms with Gasteiger partial charge in [-0.3, -0.25) is 9.69 Å². The first-order chi connectivity index (χ1) is 15.6.